The van der Waals surface area contributed by atoms with Crippen LogP contribution in [0.4, 0.5) is 0 Å². The summed E-state index contributed by atoms with van der Waals surface area (Å²) in [6.45, 7) is 3.88. The van der Waals surface area contributed by atoms with Crippen molar-refractivity contribution >= 4 is 30.2 Å². The summed E-state index contributed by atoms with van der Waals surface area (Å²) >= 11 is 0. The summed E-state index contributed by atoms with van der Waals surface area (Å²) in [5.74, 6) is -1.66. The first kappa shape index (κ1) is 23.9. The Morgan fingerprint density at radius 2 is 1.77 bits per heavy atom. The summed E-state index contributed by atoms with van der Waals surface area (Å²) in [4.78, 5) is 34.9. The molecule has 0 spiro atoms. The average Bonchev–Trinajstić information content (AvgIpc) is 2.54. The second-order valence-electron chi connectivity index (χ2n) is 6.43. The molecule has 2 atom stereocenters. The minimum atomic E-state index is -1.06. The lowest BCUT2D eigenvalue weighted by molar-refractivity contribution is -0.142. The summed E-state index contributed by atoms with van der Waals surface area (Å²) in [5, 5.41) is 14.2. The Balaban J connectivity index is 0.00000625. The highest BCUT2D eigenvalue weighted by Gasteiger charge is 2.21. The molecule has 0 saturated carbocycles. The van der Waals surface area contributed by atoms with E-state index in [4.69, 9.17) is 10.8 Å². The molecule has 1 aromatic rings. The first-order chi connectivity index (χ1) is 11.8. The maximum absolute atomic E-state index is 11.9. The first-order valence-electron chi connectivity index (χ1n) is 8.39. The van der Waals surface area contributed by atoms with Crippen LogP contribution in [0.2, 0.25) is 0 Å². The molecule has 7 nitrogen and oxygen atoms in total. The molecule has 0 aliphatic carbocycles. The van der Waals surface area contributed by atoms with Gasteiger partial charge in [-0.1, -0.05) is 44.2 Å². The second-order valence-corrected chi connectivity index (χ2v) is 6.43. The third-order valence-electron chi connectivity index (χ3n) is 3.63. The van der Waals surface area contributed by atoms with Gasteiger partial charge < -0.3 is 21.5 Å². The monoisotopic (exact) mass is 385 g/mol. The number of hydrogen-bond donors (Lipinski definition) is 4. The Kier molecular flexibility index (Phi) is 11.3. The fourth-order valence-corrected chi connectivity index (χ4v) is 2.35. The van der Waals surface area contributed by atoms with Gasteiger partial charge in [-0.2, -0.15) is 0 Å². The van der Waals surface area contributed by atoms with Gasteiger partial charge in [0.2, 0.25) is 11.8 Å². The molecular formula is C18H28ClN3O4. The predicted octanol–water partition coefficient (Wildman–Crippen LogP) is 1.10. The Hall–Kier alpha value is -2.12. The number of hydrogen-bond acceptors (Lipinski definition) is 4. The lowest BCUT2D eigenvalue weighted by Crippen LogP contribution is -2.45. The maximum Gasteiger partial charge on any atom is 0.326 e. The number of amides is 2. The van der Waals surface area contributed by atoms with Crippen molar-refractivity contribution in [2.45, 2.75) is 45.2 Å². The standard InChI is InChI=1S/C18H27N3O4.ClH/c1-12(2)10-15(18(24)25)21-16(22)8-9-20-17(23)14(19)11-13-6-4-3-5-7-13;/h3-7,12,14-15H,8-11,19H2,1-2H3,(H,20,23)(H,21,22)(H,24,25);1H. The number of carboxylic acid groups (broad SMARTS) is 1. The molecule has 0 fully saturated rings. The highest BCUT2D eigenvalue weighted by atomic mass is 35.5. The normalized spacial score (nSPS) is 12.6. The van der Waals surface area contributed by atoms with Crippen LogP contribution in [0.25, 0.3) is 0 Å². The van der Waals surface area contributed by atoms with Crippen LogP contribution in [0.1, 0.15) is 32.3 Å². The van der Waals surface area contributed by atoms with Crippen LogP contribution >= 0.6 is 12.4 Å². The molecule has 1 aromatic carbocycles. The minimum Gasteiger partial charge on any atom is -0.480 e. The number of nitrogens with one attached hydrogen (secondary N) is 2. The lowest BCUT2D eigenvalue weighted by Gasteiger charge is -2.17. The smallest absolute Gasteiger partial charge is 0.326 e. The van der Waals surface area contributed by atoms with E-state index in [-0.39, 0.29) is 37.2 Å². The van der Waals surface area contributed by atoms with Crippen LogP contribution in [-0.2, 0) is 20.8 Å². The van der Waals surface area contributed by atoms with Gasteiger partial charge in [0.05, 0.1) is 6.04 Å². The number of carbonyl (C=O) groups is 3. The van der Waals surface area contributed by atoms with Gasteiger partial charge in [-0.05, 0) is 24.3 Å². The zero-order valence-electron chi connectivity index (χ0n) is 15.1. The zero-order chi connectivity index (χ0) is 18.8. The number of carboxylic acids is 1. The van der Waals surface area contributed by atoms with Crippen molar-refractivity contribution in [3.63, 3.8) is 0 Å². The summed E-state index contributed by atoms with van der Waals surface area (Å²) in [6, 6.07) is 7.81. The zero-order valence-corrected chi connectivity index (χ0v) is 15.9. The van der Waals surface area contributed by atoms with Crippen LogP contribution in [-0.4, -0.2) is 41.5 Å². The van der Waals surface area contributed by atoms with Crippen molar-refractivity contribution in [3.05, 3.63) is 35.9 Å². The van der Waals surface area contributed by atoms with Gasteiger partial charge in [0.15, 0.2) is 0 Å². The molecule has 1 rings (SSSR count). The van der Waals surface area contributed by atoms with Crippen molar-refractivity contribution in [3.8, 4) is 0 Å². The number of carbonyl (C=O) groups excluding carboxylic acids is 2. The Morgan fingerprint density at radius 3 is 2.31 bits per heavy atom. The first-order valence-corrected chi connectivity index (χ1v) is 8.39. The van der Waals surface area contributed by atoms with Gasteiger partial charge in [0, 0.05) is 13.0 Å². The molecule has 8 heteroatoms. The van der Waals surface area contributed by atoms with Crippen molar-refractivity contribution in [2.24, 2.45) is 11.7 Å². The van der Waals surface area contributed by atoms with Gasteiger partial charge >= 0.3 is 5.97 Å². The van der Waals surface area contributed by atoms with Crippen LogP contribution in [0, 0.1) is 5.92 Å². The molecule has 0 heterocycles. The summed E-state index contributed by atoms with van der Waals surface area (Å²) < 4.78 is 0. The van der Waals surface area contributed by atoms with Crippen molar-refractivity contribution in [1.29, 1.82) is 0 Å². The molecule has 0 aromatic heterocycles. The molecule has 0 bridgehead atoms. The van der Waals surface area contributed by atoms with Gasteiger partial charge in [0.25, 0.3) is 0 Å². The SMILES string of the molecule is CC(C)CC(NC(=O)CCNC(=O)C(N)Cc1ccccc1)C(=O)O.Cl. The van der Waals surface area contributed by atoms with Gasteiger partial charge in [0.1, 0.15) is 6.04 Å². The molecule has 0 aliphatic rings. The number of benzene rings is 1. The number of nitrogens with two attached hydrogens (primary N) is 1. The number of rotatable bonds is 10. The van der Waals surface area contributed by atoms with Crippen molar-refractivity contribution in [1.82, 2.24) is 10.6 Å². The fraction of sp³-hybridized carbons (Fsp3) is 0.500. The van der Waals surface area contributed by atoms with E-state index >= 15 is 0 Å². The Bertz CT molecular complexity index is 581. The van der Waals surface area contributed by atoms with Crippen molar-refractivity contribution < 1.29 is 19.5 Å². The molecule has 26 heavy (non-hydrogen) atoms. The molecule has 5 N–H and O–H groups in total. The summed E-state index contributed by atoms with van der Waals surface area (Å²) in [5.41, 5.74) is 6.81. The van der Waals surface area contributed by atoms with Gasteiger partial charge in [-0.3, -0.25) is 9.59 Å². The van der Waals surface area contributed by atoms with Crippen molar-refractivity contribution in [2.75, 3.05) is 6.54 Å². The van der Waals surface area contributed by atoms with E-state index in [0.717, 1.165) is 5.56 Å². The molecular weight excluding hydrogens is 358 g/mol. The van der Waals surface area contributed by atoms with Crippen LogP contribution in [0.15, 0.2) is 30.3 Å². The molecule has 146 valence electrons. The van der Waals surface area contributed by atoms with E-state index in [1.807, 2.05) is 44.2 Å². The third-order valence-corrected chi connectivity index (χ3v) is 3.63. The van der Waals surface area contributed by atoms with Crippen LogP contribution in [0.5, 0.6) is 0 Å². The second kappa shape index (κ2) is 12.3. The Morgan fingerprint density at radius 1 is 1.15 bits per heavy atom. The van der Waals surface area contributed by atoms with E-state index in [2.05, 4.69) is 10.6 Å². The third kappa shape index (κ3) is 9.39. The summed E-state index contributed by atoms with van der Waals surface area (Å²) in [6.07, 6.45) is 0.773. The maximum atomic E-state index is 11.9. The van der Waals surface area contributed by atoms with E-state index in [9.17, 15) is 14.4 Å². The lowest BCUT2D eigenvalue weighted by atomic mass is 10.0. The van der Waals surface area contributed by atoms with Crippen LogP contribution in [0.3, 0.4) is 0 Å². The molecule has 2 unspecified atom stereocenters. The van der Waals surface area contributed by atoms with Gasteiger partial charge in [-0.15, -0.1) is 12.4 Å². The highest BCUT2D eigenvalue weighted by molar-refractivity contribution is 5.85. The highest BCUT2D eigenvalue weighted by Crippen LogP contribution is 2.05. The van der Waals surface area contributed by atoms with Crippen LogP contribution < -0.4 is 16.4 Å². The largest absolute Gasteiger partial charge is 0.480 e. The molecule has 0 saturated heterocycles. The van der Waals surface area contributed by atoms with Gasteiger partial charge in [-0.25, -0.2) is 4.79 Å². The van der Waals surface area contributed by atoms with E-state index in [1.165, 1.54) is 0 Å². The summed E-state index contributed by atoms with van der Waals surface area (Å²) in [7, 11) is 0. The fourth-order valence-electron chi connectivity index (χ4n) is 2.35. The van der Waals surface area contributed by atoms with E-state index in [1.54, 1.807) is 0 Å². The Labute approximate surface area is 160 Å². The number of aliphatic carboxylic acids is 1. The molecule has 0 radical (unpaired) electrons. The molecule has 0 aliphatic heterocycles. The number of halogens is 1. The minimum absolute atomic E-state index is 0. The predicted molar refractivity (Wildman–Crippen MR) is 102 cm³/mol. The average molecular weight is 386 g/mol. The molecule has 2 amide bonds. The van der Waals surface area contributed by atoms with E-state index < -0.39 is 24.0 Å². The van der Waals surface area contributed by atoms with E-state index in [0.29, 0.717) is 12.8 Å². The topological polar surface area (TPSA) is 122 Å². The quantitative estimate of drug-likeness (QED) is 0.480.